The fraction of sp³-hybridized carbons (Fsp3) is 0.526. The van der Waals surface area contributed by atoms with Gasteiger partial charge in [-0.05, 0) is 19.1 Å². The molecule has 7 nitrogen and oxygen atoms in total. The molecule has 2 atom stereocenters. The van der Waals surface area contributed by atoms with E-state index in [9.17, 15) is 0 Å². The number of aromatic nitrogens is 3. The third-order valence-electron chi connectivity index (χ3n) is 5.27. The van der Waals surface area contributed by atoms with E-state index in [0.29, 0.717) is 25.0 Å². The van der Waals surface area contributed by atoms with Crippen LogP contribution in [0.25, 0.3) is 0 Å². The van der Waals surface area contributed by atoms with Crippen molar-refractivity contribution < 1.29 is 14.2 Å². The van der Waals surface area contributed by atoms with Gasteiger partial charge in [0, 0.05) is 36.2 Å². The summed E-state index contributed by atoms with van der Waals surface area (Å²) in [6, 6.07) is 7.89. The number of methoxy groups -OCH3 is 1. The summed E-state index contributed by atoms with van der Waals surface area (Å²) in [5.74, 6) is 1.92. The SMILES string of the molecule is COc1cc(N2C[C@H]3COC[C@@]3(COCc3cccc(C)n3)C2)ncn1. The molecule has 138 valence electrons. The van der Waals surface area contributed by atoms with Gasteiger partial charge in [0.05, 0.1) is 39.2 Å². The van der Waals surface area contributed by atoms with Gasteiger partial charge in [-0.1, -0.05) is 6.07 Å². The fourth-order valence-electron chi connectivity index (χ4n) is 3.86. The van der Waals surface area contributed by atoms with Crippen LogP contribution in [0, 0.1) is 18.3 Å². The predicted molar refractivity (Wildman–Crippen MR) is 96.2 cm³/mol. The summed E-state index contributed by atoms with van der Waals surface area (Å²) in [5.41, 5.74) is 1.98. The number of hydrogen-bond donors (Lipinski definition) is 0. The normalized spacial score (nSPS) is 24.7. The molecule has 0 aromatic carbocycles. The molecule has 7 heteroatoms. The van der Waals surface area contributed by atoms with Crippen molar-refractivity contribution in [3.63, 3.8) is 0 Å². The summed E-state index contributed by atoms with van der Waals surface area (Å²) in [4.78, 5) is 15.3. The average Bonchev–Trinajstić information content (AvgIpc) is 3.19. The second-order valence-corrected chi connectivity index (χ2v) is 7.14. The molecule has 2 aliphatic heterocycles. The van der Waals surface area contributed by atoms with Crippen molar-refractivity contribution in [2.75, 3.05) is 44.9 Å². The molecule has 0 amide bonds. The minimum absolute atomic E-state index is 0.00199. The molecule has 4 rings (SSSR count). The van der Waals surface area contributed by atoms with E-state index in [1.807, 2.05) is 31.2 Å². The van der Waals surface area contributed by atoms with Crippen molar-refractivity contribution in [1.82, 2.24) is 15.0 Å². The summed E-state index contributed by atoms with van der Waals surface area (Å²) in [7, 11) is 1.62. The third-order valence-corrected chi connectivity index (χ3v) is 5.27. The van der Waals surface area contributed by atoms with E-state index >= 15 is 0 Å². The Hall–Kier alpha value is -2.25. The van der Waals surface area contributed by atoms with Crippen LogP contribution in [-0.4, -0.2) is 55.0 Å². The molecule has 4 heterocycles. The summed E-state index contributed by atoms with van der Waals surface area (Å²) >= 11 is 0. The molecule has 0 saturated carbocycles. The Morgan fingerprint density at radius 3 is 3.12 bits per heavy atom. The minimum Gasteiger partial charge on any atom is -0.481 e. The van der Waals surface area contributed by atoms with Crippen molar-refractivity contribution in [2.45, 2.75) is 13.5 Å². The van der Waals surface area contributed by atoms with E-state index in [1.54, 1.807) is 13.4 Å². The van der Waals surface area contributed by atoms with Gasteiger partial charge in [-0.25, -0.2) is 9.97 Å². The van der Waals surface area contributed by atoms with Gasteiger partial charge in [0.15, 0.2) is 0 Å². The maximum absolute atomic E-state index is 6.07. The van der Waals surface area contributed by atoms with Crippen molar-refractivity contribution in [3.8, 4) is 5.88 Å². The smallest absolute Gasteiger partial charge is 0.218 e. The second kappa shape index (κ2) is 7.17. The van der Waals surface area contributed by atoms with Gasteiger partial charge in [-0.15, -0.1) is 0 Å². The molecule has 2 fully saturated rings. The first-order chi connectivity index (χ1) is 12.7. The highest BCUT2D eigenvalue weighted by molar-refractivity contribution is 5.43. The van der Waals surface area contributed by atoms with E-state index in [0.717, 1.165) is 43.5 Å². The number of aryl methyl sites for hydroxylation is 1. The monoisotopic (exact) mass is 356 g/mol. The summed E-state index contributed by atoms with van der Waals surface area (Å²) in [6.07, 6.45) is 1.55. The highest BCUT2D eigenvalue weighted by Crippen LogP contribution is 2.43. The number of pyridine rings is 1. The predicted octanol–water partition coefficient (Wildman–Crippen LogP) is 1.86. The van der Waals surface area contributed by atoms with Crippen molar-refractivity contribution in [3.05, 3.63) is 42.0 Å². The Morgan fingerprint density at radius 1 is 1.35 bits per heavy atom. The number of fused-ring (bicyclic) bond motifs is 1. The summed E-state index contributed by atoms with van der Waals surface area (Å²) in [5, 5.41) is 0. The highest BCUT2D eigenvalue weighted by atomic mass is 16.5. The van der Waals surface area contributed by atoms with Gasteiger partial charge in [-0.3, -0.25) is 4.98 Å². The van der Waals surface area contributed by atoms with Crippen LogP contribution in [0.5, 0.6) is 5.88 Å². The van der Waals surface area contributed by atoms with E-state index in [-0.39, 0.29) is 5.41 Å². The van der Waals surface area contributed by atoms with Crippen LogP contribution in [-0.2, 0) is 16.1 Å². The first-order valence-electron chi connectivity index (χ1n) is 8.87. The average molecular weight is 356 g/mol. The van der Waals surface area contributed by atoms with Gasteiger partial charge in [0.2, 0.25) is 5.88 Å². The molecule has 0 bridgehead atoms. The summed E-state index contributed by atoms with van der Waals surface area (Å²) in [6.45, 7) is 6.44. The molecule has 26 heavy (non-hydrogen) atoms. The first kappa shape index (κ1) is 17.2. The van der Waals surface area contributed by atoms with Crippen molar-refractivity contribution in [1.29, 1.82) is 0 Å². The Balaban J connectivity index is 1.42. The number of anilines is 1. The van der Waals surface area contributed by atoms with Crippen LogP contribution >= 0.6 is 0 Å². The Labute approximate surface area is 153 Å². The molecule has 2 aromatic rings. The van der Waals surface area contributed by atoms with Crippen molar-refractivity contribution in [2.24, 2.45) is 11.3 Å². The Bertz CT molecular complexity index is 772. The molecule has 0 unspecified atom stereocenters. The fourth-order valence-corrected chi connectivity index (χ4v) is 3.86. The number of hydrogen-bond acceptors (Lipinski definition) is 7. The first-order valence-corrected chi connectivity index (χ1v) is 8.87. The lowest BCUT2D eigenvalue weighted by Gasteiger charge is -2.27. The van der Waals surface area contributed by atoms with E-state index in [2.05, 4.69) is 19.9 Å². The quantitative estimate of drug-likeness (QED) is 0.782. The van der Waals surface area contributed by atoms with E-state index < -0.39 is 0 Å². The number of rotatable bonds is 6. The molecule has 0 spiro atoms. The van der Waals surface area contributed by atoms with Crippen LogP contribution in [0.2, 0.25) is 0 Å². The molecular formula is C19H24N4O3. The van der Waals surface area contributed by atoms with Crippen molar-refractivity contribution >= 4 is 5.82 Å². The van der Waals surface area contributed by atoms with Gasteiger partial charge in [0.1, 0.15) is 12.1 Å². The largest absolute Gasteiger partial charge is 0.481 e. The zero-order valence-corrected chi connectivity index (χ0v) is 15.2. The second-order valence-electron chi connectivity index (χ2n) is 7.14. The lowest BCUT2D eigenvalue weighted by atomic mass is 9.82. The molecule has 2 aliphatic rings. The topological polar surface area (TPSA) is 69.6 Å². The van der Waals surface area contributed by atoms with Gasteiger partial charge >= 0.3 is 0 Å². The molecule has 0 radical (unpaired) electrons. The maximum Gasteiger partial charge on any atom is 0.218 e. The number of ether oxygens (including phenoxy) is 3. The standard InChI is InChI=1S/C19H24N4O3/c1-14-4-3-5-16(22-14)9-26-12-19-10-23(7-15(19)8-25-11-19)17-6-18(24-2)21-13-20-17/h3-6,13,15H,7-12H2,1-2H3/t15-,19+/m0/s1. The Kier molecular flexibility index (Phi) is 4.74. The molecular weight excluding hydrogens is 332 g/mol. The van der Waals surface area contributed by atoms with Gasteiger partial charge in [0.25, 0.3) is 0 Å². The van der Waals surface area contributed by atoms with Crippen LogP contribution in [0.3, 0.4) is 0 Å². The molecule has 0 N–H and O–H groups in total. The third kappa shape index (κ3) is 3.37. The molecule has 0 aliphatic carbocycles. The lowest BCUT2D eigenvalue weighted by molar-refractivity contribution is 0.0250. The van der Waals surface area contributed by atoms with Crippen LogP contribution in [0.1, 0.15) is 11.4 Å². The van der Waals surface area contributed by atoms with Crippen LogP contribution in [0.15, 0.2) is 30.6 Å². The zero-order chi connectivity index (χ0) is 18.0. The van der Waals surface area contributed by atoms with E-state index in [4.69, 9.17) is 14.2 Å². The zero-order valence-electron chi connectivity index (χ0n) is 15.2. The van der Waals surface area contributed by atoms with Crippen LogP contribution in [0.4, 0.5) is 5.82 Å². The molecule has 2 saturated heterocycles. The maximum atomic E-state index is 6.07. The Morgan fingerprint density at radius 2 is 2.27 bits per heavy atom. The van der Waals surface area contributed by atoms with E-state index in [1.165, 1.54) is 0 Å². The van der Waals surface area contributed by atoms with Gasteiger partial charge in [-0.2, -0.15) is 0 Å². The lowest BCUT2D eigenvalue weighted by Crippen LogP contribution is -2.35. The van der Waals surface area contributed by atoms with Crippen LogP contribution < -0.4 is 9.64 Å². The highest BCUT2D eigenvalue weighted by Gasteiger charge is 2.51. The minimum atomic E-state index is 0.00199. The number of nitrogens with zero attached hydrogens (tertiary/aromatic N) is 4. The molecule has 2 aromatic heterocycles. The summed E-state index contributed by atoms with van der Waals surface area (Å²) < 4.78 is 17.1. The van der Waals surface area contributed by atoms with Gasteiger partial charge < -0.3 is 19.1 Å².